The molecule has 2 saturated heterocycles. The molecular formula is C15H19N3O2. The molecule has 0 aromatic carbocycles. The summed E-state index contributed by atoms with van der Waals surface area (Å²) in [6.07, 6.45) is 4.07. The fraction of sp³-hybridized carbons (Fsp3) is 0.533. The van der Waals surface area contributed by atoms with Crippen molar-refractivity contribution in [2.75, 3.05) is 19.6 Å². The van der Waals surface area contributed by atoms with E-state index in [1.807, 2.05) is 24.0 Å². The van der Waals surface area contributed by atoms with Crippen LogP contribution in [-0.4, -0.2) is 41.3 Å². The van der Waals surface area contributed by atoms with Gasteiger partial charge in [-0.3, -0.25) is 14.6 Å². The first kappa shape index (κ1) is 13.1. The second-order valence-corrected chi connectivity index (χ2v) is 5.77. The number of nitrogens with zero attached hydrogens (tertiary/aromatic N) is 2. The Morgan fingerprint density at radius 3 is 2.60 bits per heavy atom. The first-order valence-electron chi connectivity index (χ1n) is 7.11. The molecule has 3 rings (SSSR count). The lowest BCUT2D eigenvalue weighted by Crippen LogP contribution is -2.46. The predicted octanol–water partition coefficient (Wildman–Crippen LogP) is 1.13. The highest BCUT2D eigenvalue weighted by Gasteiger charge is 2.45. The van der Waals surface area contributed by atoms with Crippen LogP contribution in [0.2, 0.25) is 0 Å². The standard InChI is InChI=1S/C15H19N3O2/c1-11-2-3-12(10-17-11)13(19)18-8-5-15(6-9-18)4-7-16-14(15)20/h2-3,10H,4-9H2,1H3,(H,16,20). The summed E-state index contributed by atoms with van der Waals surface area (Å²) in [5.41, 5.74) is 1.31. The predicted molar refractivity (Wildman–Crippen MR) is 74.2 cm³/mol. The van der Waals surface area contributed by atoms with Gasteiger partial charge in [0.1, 0.15) is 0 Å². The van der Waals surface area contributed by atoms with Crippen molar-refractivity contribution < 1.29 is 9.59 Å². The molecule has 0 aliphatic carbocycles. The quantitative estimate of drug-likeness (QED) is 0.834. The highest BCUT2D eigenvalue weighted by molar-refractivity contribution is 5.94. The minimum absolute atomic E-state index is 0.0192. The van der Waals surface area contributed by atoms with E-state index in [9.17, 15) is 9.59 Å². The van der Waals surface area contributed by atoms with E-state index in [1.165, 1.54) is 0 Å². The van der Waals surface area contributed by atoms with Crippen LogP contribution in [0, 0.1) is 12.3 Å². The van der Waals surface area contributed by atoms with Crippen LogP contribution in [0.15, 0.2) is 18.3 Å². The molecule has 1 spiro atoms. The molecule has 0 saturated carbocycles. The van der Waals surface area contributed by atoms with E-state index >= 15 is 0 Å². The van der Waals surface area contributed by atoms with Gasteiger partial charge < -0.3 is 10.2 Å². The van der Waals surface area contributed by atoms with Gasteiger partial charge in [0.25, 0.3) is 5.91 Å². The van der Waals surface area contributed by atoms with Crippen molar-refractivity contribution in [1.82, 2.24) is 15.2 Å². The van der Waals surface area contributed by atoms with Crippen molar-refractivity contribution in [2.24, 2.45) is 5.41 Å². The van der Waals surface area contributed by atoms with Gasteiger partial charge in [-0.2, -0.15) is 0 Å². The summed E-state index contributed by atoms with van der Waals surface area (Å²) in [4.78, 5) is 30.3. The van der Waals surface area contributed by atoms with E-state index in [-0.39, 0.29) is 17.2 Å². The van der Waals surface area contributed by atoms with Crippen molar-refractivity contribution >= 4 is 11.8 Å². The summed E-state index contributed by atoms with van der Waals surface area (Å²) in [6.45, 7) is 3.98. The van der Waals surface area contributed by atoms with Crippen LogP contribution in [0.5, 0.6) is 0 Å². The Morgan fingerprint density at radius 2 is 2.05 bits per heavy atom. The summed E-state index contributed by atoms with van der Waals surface area (Å²) in [6, 6.07) is 3.67. The van der Waals surface area contributed by atoms with E-state index in [4.69, 9.17) is 0 Å². The summed E-state index contributed by atoms with van der Waals surface area (Å²) in [5, 5.41) is 2.91. The molecule has 2 aliphatic rings. The molecule has 1 aromatic rings. The Labute approximate surface area is 118 Å². The molecule has 1 aromatic heterocycles. The summed E-state index contributed by atoms with van der Waals surface area (Å²) < 4.78 is 0. The zero-order valence-corrected chi connectivity index (χ0v) is 11.7. The molecule has 0 bridgehead atoms. The van der Waals surface area contributed by atoms with Crippen LogP contribution in [0.4, 0.5) is 0 Å². The van der Waals surface area contributed by atoms with Crippen molar-refractivity contribution in [1.29, 1.82) is 0 Å². The van der Waals surface area contributed by atoms with E-state index in [0.717, 1.165) is 31.5 Å². The van der Waals surface area contributed by atoms with Crippen molar-refractivity contribution in [3.8, 4) is 0 Å². The van der Waals surface area contributed by atoms with Gasteiger partial charge in [0.05, 0.1) is 11.0 Å². The van der Waals surface area contributed by atoms with Gasteiger partial charge in [0, 0.05) is 31.5 Å². The first-order chi connectivity index (χ1) is 9.61. The topological polar surface area (TPSA) is 62.3 Å². The number of nitrogens with one attached hydrogen (secondary N) is 1. The van der Waals surface area contributed by atoms with E-state index < -0.39 is 0 Å². The third kappa shape index (κ3) is 2.17. The molecule has 2 aliphatic heterocycles. The minimum Gasteiger partial charge on any atom is -0.356 e. The zero-order valence-electron chi connectivity index (χ0n) is 11.7. The lowest BCUT2D eigenvalue weighted by Gasteiger charge is -2.37. The number of amides is 2. The second-order valence-electron chi connectivity index (χ2n) is 5.77. The summed E-state index contributed by atoms with van der Waals surface area (Å²) in [5.74, 6) is 0.187. The molecule has 5 nitrogen and oxygen atoms in total. The number of rotatable bonds is 1. The number of piperidine rings is 1. The number of pyridine rings is 1. The number of hydrogen-bond donors (Lipinski definition) is 1. The molecule has 5 heteroatoms. The Bertz CT molecular complexity index is 531. The maximum atomic E-state index is 12.4. The van der Waals surface area contributed by atoms with E-state index in [2.05, 4.69) is 10.3 Å². The number of aromatic nitrogens is 1. The molecule has 2 amide bonds. The van der Waals surface area contributed by atoms with E-state index in [1.54, 1.807) is 6.20 Å². The normalized spacial score (nSPS) is 21.1. The SMILES string of the molecule is Cc1ccc(C(=O)N2CCC3(CCNC3=O)CC2)cn1. The molecule has 2 fully saturated rings. The lowest BCUT2D eigenvalue weighted by atomic mass is 9.77. The van der Waals surface area contributed by atoms with Crippen LogP contribution in [0.3, 0.4) is 0 Å². The van der Waals surface area contributed by atoms with Crippen LogP contribution in [0.1, 0.15) is 35.3 Å². The van der Waals surface area contributed by atoms with Crippen LogP contribution < -0.4 is 5.32 Å². The molecule has 0 unspecified atom stereocenters. The first-order valence-corrected chi connectivity index (χ1v) is 7.11. The number of aryl methyl sites for hydroxylation is 1. The monoisotopic (exact) mass is 273 g/mol. The van der Waals surface area contributed by atoms with E-state index in [0.29, 0.717) is 18.7 Å². The fourth-order valence-corrected chi connectivity index (χ4v) is 3.11. The highest BCUT2D eigenvalue weighted by Crippen LogP contribution is 2.38. The number of carbonyl (C=O) groups is 2. The average Bonchev–Trinajstić information content (AvgIpc) is 2.81. The van der Waals surface area contributed by atoms with Crippen molar-refractivity contribution in [2.45, 2.75) is 26.2 Å². The van der Waals surface area contributed by atoms with Crippen molar-refractivity contribution in [3.05, 3.63) is 29.6 Å². The smallest absolute Gasteiger partial charge is 0.255 e. The third-order valence-corrected chi connectivity index (χ3v) is 4.54. The molecular weight excluding hydrogens is 254 g/mol. The van der Waals surface area contributed by atoms with Gasteiger partial charge in [-0.25, -0.2) is 0 Å². The molecule has 0 atom stereocenters. The highest BCUT2D eigenvalue weighted by atomic mass is 16.2. The number of likely N-dealkylation sites (tertiary alicyclic amines) is 1. The van der Waals surface area contributed by atoms with Gasteiger partial charge in [0.2, 0.25) is 5.91 Å². The van der Waals surface area contributed by atoms with Crippen LogP contribution in [0.25, 0.3) is 0 Å². The van der Waals surface area contributed by atoms with Gasteiger partial charge in [0.15, 0.2) is 0 Å². The van der Waals surface area contributed by atoms with Gasteiger partial charge >= 0.3 is 0 Å². The lowest BCUT2D eigenvalue weighted by molar-refractivity contribution is -0.129. The maximum Gasteiger partial charge on any atom is 0.255 e. The molecule has 20 heavy (non-hydrogen) atoms. The van der Waals surface area contributed by atoms with Gasteiger partial charge in [-0.15, -0.1) is 0 Å². The molecule has 106 valence electrons. The Hall–Kier alpha value is -1.91. The molecule has 0 radical (unpaired) electrons. The van der Waals surface area contributed by atoms with Crippen LogP contribution >= 0.6 is 0 Å². The van der Waals surface area contributed by atoms with Gasteiger partial charge in [-0.05, 0) is 38.3 Å². The van der Waals surface area contributed by atoms with Crippen molar-refractivity contribution in [3.63, 3.8) is 0 Å². The minimum atomic E-state index is -0.220. The number of carbonyl (C=O) groups excluding carboxylic acids is 2. The Morgan fingerprint density at radius 1 is 1.30 bits per heavy atom. The molecule has 3 heterocycles. The Kier molecular flexibility index (Phi) is 3.20. The summed E-state index contributed by atoms with van der Waals surface area (Å²) in [7, 11) is 0. The largest absolute Gasteiger partial charge is 0.356 e. The van der Waals surface area contributed by atoms with Gasteiger partial charge in [-0.1, -0.05) is 0 Å². The fourth-order valence-electron chi connectivity index (χ4n) is 3.11. The number of hydrogen-bond acceptors (Lipinski definition) is 3. The zero-order chi connectivity index (χ0) is 14.2. The Balaban J connectivity index is 1.67. The third-order valence-electron chi connectivity index (χ3n) is 4.54. The molecule has 1 N–H and O–H groups in total. The summed E-state index contributed by atoms with van der Waals surface area (Å²) >= 11 is 0. The average molecular weight is 273 g/mol. The van der Waals surface area contributed by atoms with Crippen LogP contribution in [-0.2, 0) is 4.79 Å². The second kappa shape index (κ2) is 4.89. The maximum absolute atomic E-state index is 12.4.